The number of nitrogens with zero attached hydrogens (tertiary/aromatic N) is 1. The Morgan fingerprint density at radius 2 is 1.71 bits per heavy atom. The smallest absolute Gasteiger partial charge is 0.287 e. The summed E-state index contributed by atoms with van der Waals surface area (Å²) in [6, 6.07) is 17.5. The summed E-state index contributed by atoms with van der Waals surface area (Å²) in [4.78, 5) is 27.2. The van der Waals surface area contributed by atoms with Crippen molar-refractivity contribution in [1.29, 1.82) is 0 Å². The summed E-state index contributed by atoms with van der Waals surface area (Å²) in [5, 5.41) is 4.32. The number of hydrogen-bond donors (Lipinski definition) is 2. The van der Waals surface area contributed by atoms with Gasteiger partial charge in [-0.1, -0.05) is 74.0 Å². The second kappa shape index (κ2) is 10.9. The average Bonchev–Trinajstić information content (AvgIpc) is 3.43. The zero-order chi connectivity index (χ0) is 24.1. The van der Waals surface area contributed by atoms with E-state index in [0.29, 0.717) is 20.9 Å². The molecule has 1 aliphatic heterocycles. The van der Waals surface area contributed by atoms with E-state index in [-0.39, 0.29) is 17.7 Å². The Labute approximate surface area is 210 Å². The summed E-state index contributed by atoms with van der Waals surface area (Å²) in [6.07, 6.45) is 3.65. The molecule has 2 N–H and O–H groups in total. The van der Waals surface area contributed by atoms with E-state index >= 15 is 0 Å². The minimum Gasteiger partial charge on any atom is -0.339 e. The minimum atomic E-state index is -0.610. The molecule has 2 aromatic carbocycles. The van der Waals surface area contributed by atoms with E-state index in [0.717, 1.165) is 49.0 Å². The average molecular weight is 499 g/mol. The molecule has 180 valence electrons. The molecule has 1 fully saturated rings. The van der Waals surface area contributed by atoms with Crippen molar-refractivity contribution in [1.82, 2.24) is 10.7 Å². The van der Waals surface area contributed by atoms with Crippen LogP contribution in [-0.4, -0.2) is 42.1 Å². The van der Waals surface area contributed by atoms with E-state index in [4.69, 9.17) is 11.6 Å². The molecule has 0 unspecified atom stereocenters. The van der Waals surface area contributed by atoms with Crippen molar-refractivity contribution in [3.63, 3.8) is 0 Å². The largest absolute Gasteiger partial charge is 0.339 e. The Bertz CT molecular complexity index is 1140. The fourth-order valence-corrected chi connectivity index (χ4v) is 6.14. The first-order chi connectivity index (χ1) is 16.4. The SMILES string of the molecule is CC(C)C[C@H](NC(=O)c1sc2ccccc2c1Cl)C(=O)N[N+]1(CCc2ccccc2)CCCC1. The van der Waals surface area contributed by atoms with Gasteiger partial charge in [-0.05, 0) is 24.0 Å². The van der Waals surface area contributed by atoms with E-state index in [2.05, 4.69) is 48.9 Å². The molecule has 2 amide bonds. The van der Waals surface area contributed by atoms with Crippen LogP contribution in [0.15, 0.2) is 54.6 Å². The van der Waals surface area contributed by atoms with Gasteiger partial charge in [-0.15, -0.1) is 11.3 Å². The van der Waals surface area contributed by atoms with Crippen molar-refractivity contribution in [3.8, 4) is 0 Å². The lowest BCUT2D eigenvalue weighted by molar-refractivity contribution is -0.950. The number of quaternary nitrogens is 1. The maximum Gasteiger partial charge on any atom is 0.287 e. The summed E-state index contributed by atoms with van der Waals surface area (Å²) in [6.45, 7) is 6.81. The number of halogens is 1. The number of hydrogen-bond acceptors (Lipinski definition) is 3. The van der Waals surface area contributed by atoms with E-state index in [1.165, 1.54) is 16.9 Å². The molecule has 2 heterocycles. The van der Waals surface area contributed by atoms with Crippen LogP contribution >= 0.6 is 22.9 Å². The summed E-state index contributed by atoms with van der Waals surface area (Å²) >= 11 is 7.89. The zero-order valence-corrected chi connectivity index (χ0v) is 21.4. The molecule has 4 rings (SSSR count). The molecule has 0 aliphatic carbocycles. The van der Waals surface area contributed by atoms with Gasteiger partial charge in [-0.3, -0.25) is 9.59 Å². The van der Waals surface area contributed by atoms with Gasteiger partial charge in [0.2, 0.25) is 0 Å². The fourth-order valence-electron chi connectivity index (χ4n) is 4.72. The fraction of sp³-hybridized carbons (Fsp3) is 0.407. The number of amides is 2. The number of fused-ring (bicyclic) bond motifs is 1. The maximum atomic E-state index is 13.5. The van der Waals surface area contributed by atoms with Gasteiger partial charge in [0, 0.05) is 29.3 Å². The Morgan fingerprint density at radius 3 is 2.38 bits per heavy atom. The Hall–Kier alpha value is -2.41. The van der Waals surface area contributed by atoms with Crippen molar-refractivity contribution < 1.29 is 14.2 Å². The zero-order valence-electron chi connectivity index (χ0n) is 19.9. The van der Waals surface area contributed by atoms with Crippen LogP contribution in [0, 0.1) is 5.92 Å². The van der Waals surface area contributed by atoms with Crippen molar-refractivity contribution in [2.24, 2.45) is 5.92 Å². The molecule has 34 heavy (non-hydrogen) atoms. The lowest BCUT2D eigenvalue weighted by Gasteiger charge is -2.35. The van der Waals surface area contributed by atoms with Crippen LogP contribution in [0.2, 0.25) is 5.02 Å². The normalized spacial score (nSPS) is 16.0. The van der Waals surface area contributed by atoms with Gasteiger partial charge in [0.1, 0.15) is 30.6 Å². The van der Waals surface area contributed by atoms with Gasteiger partial charge >= 0.3 is 0 Å². The minimum absolute atomic E-state index is 0.116. The Balaban J connectivity index is 1.48. The summed E-state index contributed by atoms with van der Waals surface area (Å²) in [7, 11) is 0. The second-order valence-electron chi connectivity index (χ2n) is 9.63. The molecule has 0 radical (unpaired) electrons. The number of likely N-dealkylation sites (tertiary alicyclic amines) is 1. The van der Waals surface area contributed by atoms with Gasteiger partial charge in [0.25, 0.3) is 11.8 Å². The van der Waals surface area contributed by atoms with Gasteiger partial charge in [-0.2, -0.15) is 0 Å². The third kappa shape index (κ3) is 5.80. The number of carbonyl (C=O) groups is 2. The first kappa shape index (κ1) is 24.7. The number of nitrogens with one attached hydrogen (secondary N) is 2. The quantitative estimate of drug-likeness (QED) is 0.378. The van der Waals surface area contributed by atoms with E-state index in [1.807, 2.05) is 30.3 Å². The number of benzene rings is 2. The van der Waals surface area contributed by atoms with Crippen LogP contribution < -0.4 is 10.7 Å². The van der Waals surface area contributed by atoms with Gasteiger partial charge in [0.05, 0.1) is 5.02 Å². The predicted molar refractivity (Wildman–Crippen MR) is 140 cm³/mol. The van der Waals surface area contributed by atoms with Crippen LogP contribution in [-0.2, 0) is 11.2 Å². The topological polar surface area (TPSA) is 58.2 Å². The molecule has 1 aliphatic rings. The second-order valence-corrected chi connectivity index (χ2v) is 11.1. The Kier molecular flexibility index (Phi) is 7.91. The molecule has 0 bridgehead atoms. The molecular formula is C27H33ClN3O2S+. The maximum absolute atomic E-state index is 13.5. The van der Waals surface area contributed by atoms with Crippen LogP contribution in [0.25, 0.3) is 10.1 Å². The van der Waals surface area contributed by atoms with Crippen LogP contribution in [0.3, 0.4) is 0 Å². The standard InChI is InChI=1S/C27H32ClN3O2S/c1-19(2)18-22(29-27(33)25-24(28)21-12-6-7-13-23(21)34-25)26(32)30-31(15-8-9-16-31)17-14-20-10-4-3-5-11-20/h3-7,10-13,19,22H,8-9,14-18H2,1-2H3,(H-,29,30,32,33)/p+1/t22-/m0/s1. The number of carbonyl (C=O) groups excluding carboxylic acids is 2. The molecule has 0 spiro atoms. The molecule has 7 heteroatoms. The first-order valence-electron chi connectivity index (χ1n) is 12.1. The highest BCUT2D eigenvalue weighted by atomic mass is 35.5. The van der Waals surface area contributed by atoms with Crippen LogP contribution in [0.4, 0.5) is 0 Å². The summed E-state index contributed by atoms with van der Waals surface area (Å²) in [5.74, 6) is -0.149. The van der Waals surface area contributed by atoms with Crippen molar-refractivity contribution in [2.45, 2.75) is 45.6 Å². The third-order valence-corrected chi connectivity index (χ3v) is 8.19. The monoisotopic (exact) mass is 498 g/mol. The first-order valence-corrected chi connectivity index (χ1v) is 13.3. The van der Waals surface area contributed by atoms with Gasteiger partial charge in [0.15, 0.2) is 0 Å². The molecular weight excluding hydrogens is 466 g/mol. The highest BCUT2D eigenvalue weighted by molar-refractivity contribution is 7.21. The van der Waals surface area contributed by atoms with Crippen molar-refractivity contribution in [3.05, 3.63) is 70.1 Å². The Morgan fingerprint density at radius 1 is 1.03 bits per heavy atom. The lowest BCUT2D eigenvalue weighted by Crippen LogP contribution is -2.63. The summed E-state index contributed by atoms with van der Waals surface area (Å²) in [5.41, 5.74) is 4.59. The highest BCUT2D eigenvalue weighted by Gasteiger charge is 2.37. The van der Waals surface area contributed by atoms with Crippen molar-refractivity contribution in [2.75, 3.05) is 19.6 Å². The molecule has 1 aromatic heterocycles. The number of rotatable bonds is 9. The van der Waals surface area contributed by atoms with E-state index < -0.39 is 6.04 Å². The van der Waals surface area contributed by atoms with Gasteiger partial charge in [-0.25, -0.2) is 10.0 Å². The van der Waals surface area contributed by atoms with Crippen LogP contribution in [0.5, 0.6) is 0 Å². The molecule has 5 nitrogen and oxygen atoms in total. The number of thiophene rings is 1. The highest BCUT2D eigenvalue weighted by Crippen LogP contribution is 2.35. The molecule has 0 saturated carbocycles. The molecule has 3 aromatic rings. The van der Waals surface area contributed by atoms with Crippen molar-refractivity contribution >= 4 is 44.8 Å². The van der Waals surface area contributed by atoms with E-state index in [1.54, 1.807) is 0 Å². The summed E-state index contributed by atoms with van der Waals surface area (Å²) < 4.78 is 1.53. The van der Waals surface area contributed by atoms with E-state index in [9.17, 15) is 9.59 Å². The van der Waals surface area contributed by atoms with Gasteiger partial charge < -0.3 is 5.32 Å². The third-order valence-electron chi connectivity index (χ3n) is 6.51. The molecule has 1 saturated heterocycles. The lowest BCUT2D eigenvalue weighted by atomic mass is 10.0. The van der Waals surface area contributed by atoms with Crippen LogP contribution in [0.1, 0.15) is 48.3 Å². The molecule has 1 atom stereocenters. The predicted octanol–water partition coefficient (Wildman–Crippen LogP) is 5.58.